The maximum absolute atomic E-state index is 13.0. The second-order valence-corrected chi connectivity index (χ2v) is 5.87. The summed E-state index contributed by atoms with van der Waals surface area (Å²) in [5, 5.41) is 0. The lowest BCUT2D eigenvalue weighted by Gasteiger charge is -2.16. The molecule has 5 heteroatoms. The monoisotopic (exact) mass is 331 g/mol. The summed E-state index contributed by atoms with van der Waals surface area (Å²) >= 11 is 3.45. The molecule has 0 aromatic heterocycles. The number of hydrogen-bond donors (Lipinski definition) is 0. The van der Waals surface area contributed by atoms with Gasteiger partial charge < -0.3 is 4.90 Å². The van der Waals surface area contributed by atoms with E-state index in [0.29, 0.717) is 6.42 Å². The van der Waals surface area contributed by atoms with Gasteiger partial charge in [-0.25, -0.2) is 8.78 Å². The highest BCUT2D eigenvalue weighted by Gasteiger charge is 2.39. The minimum absolute atomic E-state index is 0.168. The highest BCUT2D eigenvalue weighted by atomic mass is 79.9. The van der Waals surface area contributed by atoms with Gasteiger partial charge in [-0.15, -0.1) is 0 Å². The van der Waals surface area contributed by atoms with E-state index in [-0.39, 0.29) is 25.3 Å². The van der Waals surface area contributed by atoms with Crippen LogP contribution < -0.4 is 0 Å². The number of likely N-dealkylation sites (tertiary alicyclic amines) is 1. The average molecular weight is 332 g/mol. The Labute approximate surface area is 119 Å². The Morgan fingerprint density at radius 2 is 2.21 bits per heavy atom. The number of rotatable bonds is 3. The van der Waals surface area contributed by atoms with Crippen molar-refractivity contribution in [1.29, 1.82) is 0 Å². The number of nitrogens with zero attached hydrogens (tertiary/aromatic N) is 1. The largest absolute Gasteiger partial charge is 0.336 e. The van der Waals surface area contributed by atoms with Crippen molar-refractivity contribution in [2.45, 2.75) is 32.1 Å². The number of hydrogen-bond acceptors (Lipinski definition) is 1. The van der Waals surface area contributed by atoms with E-state index >= 15 is 0 Å². The Kier molecular flexibility index (Phi) is 4.23. The van der Waals surface area contributed by atoms with E-state index in [1.54, 1.807) is 0 Å². The van der Waals surface area contributed by atoms with Crippen LogP contribution in [0.25, 0.3) is 0 Å². The summed E-state index contributed by atoms with van der Waals surface area (Å²) in [6, 6.07) is 5.93. The molecule has 1 fully saturated rings. The molecule has 0 atom stereocenters. The van der Waals surface area contributed by atoms with E-state index in [0.717, 1.165) is 15.6 Å². The van der Waals surface area contributed by atoms with Crippen molar-refractivity contribution in [2.75, 3.05) is 13.1 Å². The van der Waals surface area contributed by atoms with Gasteiger partial charge in [0.15, 0.2) is 0 Å². The molecule has 1 amide bonds. The molecular formula is C14H16BrF2NO. The van der Waals surface area contributed by atoms with E-state index in [9.17, 15) is 13.6 Å². The lowest BCUT2D eigenvalue weighted by molar-refractivity contribution is -0.131. The van der Waals surface area contributed by atoms with Crippen molar-refractivity contribution in [3.63, 3.8) is 0 Å². The third-order valence-corrected chi connectivity index (χ3v) is 4.08. The zero-order valence-corrected chi connectivity index (χ0v) is 12.3. The summed E-state index contributed by atoms with van der Waals surface area (Å²) in [5.41, 5.74) is 2.17. The molecule has 0 unspecified atom stereocenters. The van der Waals surface area contributed by atoms with E-state index in [4.69, 9.17) is 0 Å². The zero-order valence-electron chi connectivity index (χ0n) is 10.8. The van der Waals surface area contributed by atoms with Crippen LogP contribution in [0.1, 0.15) is 24.0 Å². The molecule has 104 valence electrons. The third kappa shape index (κ3) is 3.75. The first kappa shape index (κ1) is 14.4. The number of halogens is 3. The van der Waals surface area contributed by atoms with Crippen LogP contribution in [0.4, 0.5) is 8.78 Å². The second kappa shape index (κ2) is 5.57. The molecule has 0 spiro atoms. The Morgan fingerprint density at radius 3 is 2.79 bits per heavy atom. The Bertz CT molecular complexity index is 490. The van der Waals surface area contributed by atoms with Crippen LogP contribution in [-0.4, -0.2) is 29.8 Å². The minimum Gasteiger partial charge on any atom is -0.336 e. The van der Waals surface area contributed by atoms with E-state index < -0.39 is 12.5 Å². The molecule has 19 heavy (non-hydrogen) atoms. The molecule has 1 aliphatic rings. The van der Waals surface area contributed by atoms with Gasteiger partial charge in [0.05, 0.1) is 6.54 Å². The summed E-state index contributed by atoms with van der Waals surface area (Å²) in [5.74, 6) is -2.90. The maximum Gasteiger partial charge on any atom is 0.267 e. The van der Waals surface area contributed by atoms with Gasteiger partial charge >= 0.3 is 0 Å². The third-order valence-electron chi connectivity index (χ3n) is 3.34. The molecule has 1 aromatic rings. The molecule has 0 radical (unpaired) electrons. The SMILES string of the molecule is Cc1ccc(CCC(=O)N2CCC(F)(F)C2)c(Br)c1. The number of amides is 1. The second-order valence-electron chi connectivity index (χ2n) is 5.02. The van der Waals surface area contributed by atoms with Crippen LogP contribution in [0.5, 0.6) is 0 Å². The molecule has 0 aliphatic carbocycles. The first-order chi connectivity index (χ1) is 8.87. The topological polar surface area (TPSA) is 20.3 Å². The standard InChI is InChI=1S/C14H16BrF2NO/c1-10-2-3-11(12(15)8-10)4-5-13(19)18-7-6-14(16,17)9-18/h2-3,8H,4-7,9H2,1H3. The zero-order chi connectivity index (χ0) is 14.0. The van der Waals surface area contributed by atoms with Gasteiger partial charge in [-0.05, 0) is 30.5 Å². The molecule has 0 N–H and O–H groups in total. The van der Waals surface area contributed by atoms with Crippen LogP contribution in [0.3, 0.4) is 0 Å². The molecule has 1 aromatic carbocycles. The van der Waals surface area contributed by atoms with Crippen molar-refractivity contribution in [1.82, 2.24) is 4.90 Å². The number of alkyl halides is 2. The van der Waals surface area contributed by atoms with Gasteiger partial charge in [-0.1, -0.05) is 28.1 Å². The Balaban J connectivity index is 1.90. The highest BCUT2D eigenvalue weighted by Crippen LogP contribution is 2.27. The van der Waals surface area contributed by atoms with Crippen molar-refractivity contribution in [2.24, 2.45) is 0 Å². The first-order valence-electron chi connectivity index (χ1n) is 6.28. The van der Waals surface area contributed by atoms with Crippen molar-refractivity contribution >= 4 is 21.8 Å². The average Bonchev–Trinajstić information content (AvgIpc) is 2.68. The molecule has 0 bridgehead atoms. The molecular weight excluding hydrogens is 316 g/mol. The van der Waals surface area contributed by atoms with E-state index in [1.165, 1.54) is 4.90 Å². The molecule has 2 rings (SSSR count). The summed E-state index contributed by atoms with van der Waals surface area (Å²) in [4.78, 5) is 13.1. The fourth-order valence-corrected chi connectivity index (χ4v) is 2.90. The van der Waals surface area contributed by atoms with Crippen LogP contribution in [0.15, 0.2) is 22.7 Å². The van der Waals surface area contributed by atoms with Gasteiger partial charge in [-0.3, -0.25) is 4.79 Å². The van der Waals surface area contributed by atoms with Crippen LogP contribution >= 0.6 is 15.9 Å². The number of aryl methyl sites for hydroxylation is 2. The molecule has 1 heterocycles. The van der Waals surface area contributed by atoms with Gasteiger partial charge in [0.1, 0.15) is 0 Å². The first-order valence-corrected chi connectivity index (χ1v) is 7.07. The number of carbonyl (C=O) groups is 1. The Morgan fingerprint density at radius 1 is 1.47 bits per heavy atom. The summed E-state index contributed by atoms with van der Waals surface area (Å²) < 4.78 is 27.0. The Hall–Kier alpha value is -0.970. The van der Waals surface area contributed by atoms with Gasteiger partial charge in [-0.2, -0.15) is 0 Å². The normalized spacial score (nSPS) is 17.8. The van der Waals surface area contributed by atoms with Crippen LogP contribution in [0.2, 0.25) is 0 Å². The minimum atomic E-state index is -2.71. The quantitative estimate of drug-likeness (QED) is 0.829. The molecule has 0 saturated carbocycles. The summed E-state index contributed by atoms with van der Waals surface area (Å²) in [6.07, 6.45) is 0.631. The fourth-order valence-electron chi connectivity index (χ4n) is 2.20. The lowest BCUT2D eigenvalue weighted by Crippen LogP contribution is -2.31. The van der Waals surface area contributed by atoms with E-state index in [1.807, 2.05) is 25.1 Å². The molecule has 2 nitrogen and oxygen atoms in total. The van der Waals surface area contributed by atoms with Gasteiger partial charge in [0.25, 0.3) is 5.92 Å². The smallest absolute Gasteiger partial charge is 0.267 e. The lowest BCUT2D eigenvalue weighted by atomic mass is 10.1. The molecule has 1 aliphatic heterocycles. The number of carbonyl (C=O) groups excluding carboxylic acids is 1. The summed E-state index contributed by atoms with van der Waals surface area (Å²) in [6.45, 7) is 1.73. The van der Waals surface area contributed by atoms with Gasteiger partial charge in [0, 0.05) is 23.9 Å². The van der Waals surface area contributed by atoms with E-state index in [2.05, 4.69) is 15.9 Å². The molecule has 1 saturated heterocycles. The predicted octanol–water partition coefficient (Wildman–Crippen LogP) is 3.56. The highest BCUT2D eigenvalue weighted by molar-refractivity contribution is 9.10. The summed E-state index contributed by atoms with van der Waals surface area (Å²) in [7, 11) is 0. The van der Waals surface area contributed by atoms with Crippen molar-refractivity contribution in [3.8, 4) is 0 Å². The number of benzene rings is 1. The van der Waals surface area contributed by atoms with Crippen LogP contribution in [0, 0.1) is 6.92 Å². The van der Waals surface area contributed by atoms with Crippen molar-refractivity contribution < 1.29 is 13.6 Å². The predicted molar refractivity (Wildman–Crippen MR) is 73.3 cm³/mol. The van der Waals surface area contributed by atoms with Crippen molar-refractivity contribution in [3.05, 3.63) is 33.8 Å². The van der Waals surface area contributed by atoms with Crippen LogP contribution in [-0.2, 0) is 11.2 Å². The van der Waals surface area contributed by atoms with Gasteiger partial charge in [0.2, 0.25) is 5.91 Å². The maximum atomic E-state index is 13.0. The fraction of sp³-hybridized carbons (Fsp3) is 0.500.